The lowest BCUT2D eigenvalue weighted by Crippen LogP contribution is -2.29. The first-order valence-corrected chi connectivity index (χ1v) is 10.5. The third-order valence-corrected chi connectivity index (χ3v) is 5.37. The van der Waals surface area contributed by atoms with Gasteiger partial charge in [0, 0.05) is 12.8 Å². The molecule has 0 bridgehead atoms. The maximum absolute atomic E-state index is 13.2. The number of rotatable bonds is 8. The molecule has 1 aliphatic rings. The lowest BCUT2D eigenvalue weighted by atomic mass is 9.94. The summed E-state index contributed by atoms with van der Waals surface area (Å²) in [4.78, 5) is 17.9. The first kappa shape index (κ1) is 21.7. The molecule has 1 N–H and O–H groups in total. The number of nitrogens with one attached hydrogen (secondary N) is 1. The number of allylic oxidation sites excluding steroid dienone is 1. The van der Waals surface area contributed by atoms with Crippen LogP contribution in [0.5, 0.6) is 11.5 Å². The van der Waals surface area contributed by atoms with E-state index in [-0.39, 0.29) is 6.61 Å². The van der Waals surface area contributed by atoms with Crippen LogP contribution in [0.4, 0.5) is 5.95 Å². The summed E-state index contributed by atoms with van der Waals surface area (Å²) in [5.41, 5.74) is 3.78. The predicted molar refractivity (Wildman–Crippen MR) is 121 cm³/mol. The number of carbonyl (C=O) groups is 1. The Morgan fingerprint density at radius 2 is 1.94 bits per heavy atom. The fourth-order valence-corrected chi connectivity index (χ4v) is 3.97. The standard InChI is InChI=1S/C24H27N3O5/c1-5-31-19-11-10-16(14-20(19)30-4)22-21(23(28)32-13-12-29-3)15(2)25-24-26-17-8-6-7-9-18(17)27(22)24/h6-11,14,22H,5,12-13H2,1-4H3,(H,25,26)/t22-/m1/s1. The number of carbonyl (C=O) groups excluding carboxylic acids is 1. The maximum atomic E-state index is 13.2. The summed E-state index contributed by atoms with van der Waals surface area (Å²) < 4.78 is 23.8. The monoisotopic (exact) mass is 437 g/mol. The molecule has 8 nitrogen and oxygen atoms in total. The van der Waals surface area contributed by atoms with E-state index in [1.54, 1.807) is 14.2 Å². The third kappa shape index (κ3) is 3.89. The van der Waals surface area contributed by atoms with Crippen LogP contribution in [-0.4, -0.2) is 49.6 Å². The molecule has 8 heteroatoms. The van der Waals surface area contributed by atoms with E-state index in [0.717, 1.165) is 16.6 Å². The SMILES string of the molecule is CCOc1ccc([C@@H]2C(C(=O)OCCOC)=C(C)Nc3nc4ccccc4n32)cc1OC. The largest absolute Gasteiger partial charge is 0.493 e. The van der Waals surface area contributed by atoms with Crippen LogP contribution in [-0.2, 0) is 14.3 Å². The Balaban J connectivity index is 1.88. The topological polar surface area (TPSA) is 83.8 Å². The number of hydrogen-bond donors (Lipinski definition) is 1. The number of anilines is 1. The molecule has 1 aromatic heterocycles. The van der Waals surface area contributed by atoms with Crippen molar-refractivity contribution in [2.24, 2.45) is 0 Å². The third-order valence-electron chi connectivity index (χ3n) is 5.37. The Labute approximate surface area is 186 Å². The molecule has 0 fully saturated rings. The average molecular weight is 437 g/mol. The summed E-state index contributed by atoms with van der Waals surface area (Å²) in [7, 11) is 3.17. The van der Waals surface area contributed by atoms with Crippen molar-refractivity contribution in [1.82, 2.24) is 9.55 Å². The number of benzene rings is 2. The minimum atomic E-state index is -0.460. The number of nitrogens with zero attached hydrogens (tertiary/aromatic N) is 2. The molecule has 0 saturated heterocycles. The highest BCUT2D eigenvalue weighted by atomic mass is 16.6. The molecular weight excluding hydrogens is 410 g/mol. The number of imidazole rings is 1. The maximum Gasteiger partial charge on any atom is 0.338 e. The van der Waals surface area contributed by atoms with E-state index < -0.39 is 12.0 Å². The van der Waals surface area contributed by atoms with Crippen molar-refractivity contribution in [2.45, 2.75) is 19.9 Å². The van der Waals surface area contributed by atoms with Gasteiger partial charge in [-0.15, -0.1) is 0 Å². The average Bonchev–Trinajstić information content (AvgIpc) is 3.16. The van der Waals surface area contributed by atoms with Gasteiger partial charge in [-0.05, 0) is 43.7 Å². The summed E-state index contributed by atoms with van der Waals surface area (Å²) in [6.45, 7) is 4.80. The summed E-state index contributed by atoms with van der Waals surface area (Å²) in [5.74, 6) is 1.50. The van der Waals surface area contributed by atoms with E-state index in [1.807, 2.05) is 60.9 Å². The molecule has 32 heavy (non-hydrogen) atoms. The van der Waals surface area contributed by atoms with Gasteiger partial charge >= 0.3 is 5.97 Å². The first-order valence-electron chi connectivity index (χ1n) is 10.5. The Morgan fingerprint density at radius 1 is 1.12 bits per heavy atom. The summed E-state index contributed by atoms with van der Waals surface area (Å²) in [6.07, 6.45) is 0. The van der Waals surface area contributed by atoms with Crippen LogP contribution in [0, 0.1) is 0 Å². The molecule has 0 radical (unpaired) electrons. The number of esters is 1. The van der Waals surface area contributed by atoms with Crippen LogP contribution in [0.2, 0.25) is 0 Å². The molecule has 3 aromatic rings. The van der Waals surface area contributed by atoms with Crippen LogP contribution in [0.15, 0.2) is 53.7 Å². The molecule has 168 valence electrons. The Bertz CT molecular complexity index is 1170. The van der Waals surface area contributed by atoms with Crippen LogP contribution in [0.3, 0.4) is 0 Å². The quantitative estimate of drug-likeness (QED) is 0.422. The Kier molecular flexibility index (Phi) is 6.32. The predicted octanol–water partition coefficient (Wildman–Crippen LogP) is 3.92. The zero-order chi connectivity index (χ0) is 22.7. The van der Waals surface area contributed by atoms with E-state index in [2.05, 4.69) is 5.32 Å². The molecule has 0 spiro atoms. The number of ether oxygens (including phenoxy) is 4. The van der Waals surface area contributed by atoms with Crippen LogP contribution in [0.1, 0.15) is 25.5 Å². The molecule has 1 aliphatic heterocycles. The van der Waals surface area contributed by atoms with Crippen molar-refractivity contribution in [3.05, 3.63) is 59.3 Å². The molecule has 1 atom stereocenters. The number of fused-ring (bicyclic) bond motifs is 3. The second kappa shape index (κ2) is 9.32. The molecule has 0 saturated carbocycles. The summed E-state index contributed by atoms with van der Waals surface area (Å²) in [5, 5.41) is 3.27. The van der Waals surface area contributed by atoms with Crippen LogP contribution >= 0.6 is 0 Å². The van der Waals surface area contributed by atoms with Crippen LogP contribution in [0.25, 0.3) is 11.0 Å². The van der Waals surface area contributed by atoms with Crippen molar-refractivity contribution in [1.29, 1.82) is 0 Å². The van der Waals surface area contributed by atoms with Gasteiger partial charge in [0.2, 0.25) is 5.95 Å². The molecule has 4 rings (SSSR count). The number of para-hydroxylation sites is 2. The van der Waals surface area contributed by atoms with Gasteiger partial charge in [-0.2, -0.15) is 0 Å². The first-order chi connectivity index (χ1) is 15.6. The minimum absolute atomic E-state index is 0.170. The van der Waals surface area contributed by atoms with Crippen molar-refractivity contribution in [3.63, 3.8) is 0 Å². The van der Waals surface area contributed by atoms with Crippen LogP contribution < -0.4 is 14.8 Å². The van der Waals surface area contributed by atoms with Gasteiger partial charge in [0.1, 0.15) is 6.61 Å². The highest BCUT2D eigenvalue weighted by molar-refractivity contribution is 5.94. The van der Waals surface area contributed by atoms with Gasteiger partial charge in [-0.25, -0.2) is 9.78 Å². The highest BCUT2D eigenvalue weighted by Gasteiger charge is 2.35. The van der Waals surface area contributed by atoms with Gasteiger partial charge in [0.05, 0.1) is 43.0 Å². The fraction of sp³-hybridized carbons (Fsp3) is 0.333. The molecule has 2 aromatic carbocycles. The van der Waals surface area contributed by atoms with E-state index in [4.69, 9.17) is 23.9 Å². The molecule has 0 amide bonds. The van der Waals surface area contributed by atoms with Crippen molar-refractivity contribution < 1.29 is 23.7 Å². The summed E-state index contributed by atoms with van der Waals surface area (Å²) in [6, 6.07) is 13.1. The molecule has 0 unspecified atom stereocenters. The minimum Gasteiger partial charge on any atom is -0.493 e. The molecular formula is C24H27N3O5. The van der Waals surface area contributed by atoms with E-state index in [0.29, 0.717) is 41.9 Å². The van der Waals surface area contributed by atoms with E-state index in [1.165, 1.54) is 0 Å². The van der Waals surface area contributed by atoms with Gasteiger partial charge < -0.3 is 24.3 Å². The highest BCUT2D eigenvalue weighted by Crippen LogP contribution is 2.41. The van der Waals surface area contributed by atoms with Gasteiger partial charge in [0.25, 0.3) is 0 Å². The van der Waals surface area contributed by atoms with Crippen molar-refractivity contribution >= 4 is 23.0 Å². The number of hydrogen-bond acceptors (Lipinski definition) is 7. The van der Waals surface area contributed by atoms with E-state index in [9.17, 15) is 4.79 Å². The lowest BCUT2D eigenvalue weighted by Gasteiger charge is -2.30. The normalized spacial score (nSPS) is 15.3. The molecule has 2 heterocycles. The second-order valence-corrected chi connectivity index (χ2v) is 7.33. The second-order valence-electron chi connectivity index (χ2n) is 7.33. The number of aromatic nitrogens is 2. The molecule has 0 aliphatic carbocycles. The zero-order valence-corrected chi connectivity index (χ0v) is 18.7. The fourth-order valence-electron chi connectivity index (χ4n) is 3.97. The smallest absolute Gasteiger partial charge is 0.338 e. The van der Waals surface area contributed by atoms with Gasteiger partial charge in [-0.1, -0.05) is 18.2 Å². The van der Waals surface area contributed by atoms with E-state index >= 15 is 0 Å². The van der Waals surface area contributed by atoms with Crippen molar-refractivity contribution in [3.8, 4) is 11.5 Å². The summed E-state index contributed by atoms with van der Waals surface area (Å²) >= 11 is 0. The zero-order valence-electron chi connectivity index (χ0n) is 18.7. The van der Waals surface area contributed by atoms with Crippen molar-refractivity contribution in [2.75, 3.05) is 39.4 Å². The Hall–Kier alpha value is -3.52. The number of methoxy groups -OCH3 is 2. The van der Waals surface area contributed by atoms with Gasteiger partial charge in [-0.3, -0.25) is 4.57 Å². The van der Waals surface area contributed by atoms with Gasteiger partial charge in [0.15, 0.2) is 11.5 Å². The Morgan fingerprint density at radius 3 is 2.69 bits per heavy atom. The lowest BCUT2D eigenvalue weighted by molar-refractivity contribution is -0.140.